The molecule has 1 aliphatic rings. The van der Waals surface area contributed by atoms with E-state index in [-0.39, 0.29) is 6.61 Å². The highest BCUT2D eigenvalue weighted by atomic mass is 16.5. The van der Waals surface area contributed by atoms with Crippen LogP contribution in [0.25, 0.3) is 0 Å². The predicted octanol–water partition coefficient (Wildman–Crippen LogP) is 0.336. The van der Waals surface area contributed by atoms with Gasteiger partial charge >= 0.3 is 0 Å². The third-order valence-electron chi connectivity index (χ3n) is 2.36. The first-order chi connectivity index (χ1) is 5.74. The van der Waals surface area contributed by atoms with E-state index in [1.165, 1.54) is 0 Å². The SMILES string of the molecule is CC(C)N1CCOC[C@@H](CO)C1. The zero-order valence-electron chi connectivity index (χ0n) is 7.99. The first-order valence-electron chi connectivity index (χ1n) is 4.66. The van der Waals surface area contributed by atoms with Gasteiger partial charge in [-0.1, -0.05) is 0 Å². The summed E-state index contributed by atoms with van der Waals surface area (Å²) in [7, 11) is 0. The van der Waals surface area contributed by atoms with E-state index in [0.29, 0.717) is 18.6 Å². The van der Waals surface area contributed by atoms with Gasteiger partial charge in [0.1, 0.15) is 0 Å². The Morgan fingerprint density at radius 3 is 2.92 bits per heavy atom. The molecule has 1 heterocycles. The molecule has 1 saturated heterocycles. The van der Waals surface area contributed by atoms with Crippen molar-refractivity contribution in [1.82, 2.24) is 4.90 Å². The predicted molar refractivity (Wildman–Crippen MR) is 48.1 cm³/mol. The van der Waals surface area contributed by atoms with Crippen LogP contribution in [0.15, 0.2) is 0 Å². The second kappa shape index (κ2) is 4.80. The number of hydrogen-bond acceptors (Lipinski definition) is 3. The fourth-order valence-electron chi connectivity index (χ4n) is 1.49. The van der Waals surface area contributed by atoms with E-state index in [1.807, 2.05) is 0 Å². The molecule has 3 heteroatoms. The Labute approximate surface area is 74.3 Å². The van der Waals surface area contributed by atoms with Crippen LogP contribution in [0.1, 0.15) is 13.8 Å². The molecule has 12 heavy (non-hydrogen) atoms. The Hall–Kier alpha value is -0.120. The Morgan fingerprint density at radius 2 is 2.33 bits per heavy atom. The van der Waals surface area contributed by atoms with Gasteiger partial charge in [-0.25, -0.2) is 0 Å². The third kappa shape index (κ3) is 2.73. The molecule has 0 saturated carbocycles. The summed E-state index contributed by atoms with van der Waals surface area (Å²) in [6.07, 6.45) is 0. The van der Waals surface area contributed by atoms with Gasteiger partial charge in [-0.15, -0.1) is 0 Å². The lowest BCUT2D eigenvalue weighted by Gasteiger charge is -2.25. The maximum Gasteiger partial charge on any atom is 0.0593 e. The first kappa shape index (κ1) is 9.96. The second-order valence-electron chi connectivity index (χ2n) is 3.71. The van der Waals surface area contributed by atoms with Crippen LogP contribution in [-0.2, 0) is 4.74 Å². The van der Waals surface area contributed by atoms with Crippen LogP contribution in [0.5, 0.6) is 0 Å². The summed E-state index contributed by atoms with van der Waals surface area (Å²) in [6, 6.07) is 0.556. The highest BCUT2D eigenvalue weighted by Gasteiger charge is 2.19. The highest BCUT2D eigenvalue weighted by molar-refractivity contribution is 4.71. The van der Waals surface area contributed by atoms with E-state index in [0.717, 1.165) is 19.7 Å². The summed E-state index contributed by atoms with van der Waals surface area (Å²) < 4.78 is 5.38. The van der Waals surface area contributed by atoms with E-state index >= 15 is 0 Å². The average Bonchev–Trinajstić information content (AvgIpc) is 2.28. The molecule has 1 atom stereocenters. The highest BCUT2D eigenvalue weighted by Crippen LogP contribution is 2.08. The van der Waals surface area contributed by atoms with Crippen molar-refractivity contribution >= 4 is 0 Å². The summed E-state index contributed by atoms with van der Waals surface area (Å²) in [5, 5.41) is 9.01. The van der Waals surface area contributed by atoms with Crippen LogP contribution < -0.4 is 0 Å². The van der Waals surface area contributed by atoms with Crippen LogP contribution in [0.2, 0.25) is 0 Å². The number of ether oxygens (including phenoxy) is 1. The maximum absolute atomic E-state index is 9.01. The zero-order chi connectivity index (χ0) is 8.97. The Kier molecular flexibility index (Phi) is 3.98. The van der Waals surface area contributed by atoms with Crippen LogP contribution in [-0.4, -0.2) is 49.0 Å². The van der Waals surface area contributed by atoms with Crippen molar-refractivity contribution in [3.05, 3.63) is 0 Å². The number of aliphatic hydroxyl groups is 1. The molecule has 1 aliphatic heterocycles. The molecule has 0 aromatic heterocycles. The van der Waals surface area contributed by atoms with Crippen LogP contribution in [0.3, 0.4) is 0 Å². The monoisotopic (exact) mass is 173 g/mol. The standard InChI is InChI=1S/C9H19NO2/c1-8(2)10-3-4-12-7-9(5-10)6-11/h8-9,11H,3-7H2,1-2H3/t9-/m1/s1. The fraction of sp³-hybridized carbons (Fsp3) is 1.00. The minimum Gasteiger partial charge on any atom is -0.396 e. The van der Waals surface area contributed by atoms with Gasteiger partial charge in [0, 0.05) is 31.7 Å². The summed E-state index contributed by atoms with van der Waals surface area (Å²) in [6.45, 7) is 8.07. The maximum atomic E-state index is 9.01. The van der Waals surface area contributed by atoms with Crippen molar-refractivity contribution in [2.24, 2.45) is 5.92 Å². The normalized spacial score (nSPS) is 27.5. The molecular formula is C9H19NO2. The van der Waals surface area contributed by atoms with Gasteiger partial charge in [0.15, 0.2) is 0 Å². The minimum atomic E-state index is 0.239. The molecule has 0 bridgehead atoms. The topological polar surface area (TPSA) is 32.7 Å². The smallest absolute Gasteiger partial charge is 0.0593 e. The molecule has 0 radical (unpaired) electrons. The Balaban J connectivity index is 2.42. The van der Waals surface area contributed by atoms with Crippen LogP contribution >= 0.6 is 0 Å². The average molecular weight is 173 g/mol. The molecule has 0 aliphatic carbocycles. The molecule has 0 aromatic rings. The molecule has 0 amide bonds. The Morgan fingerprint density at radius 1 is 1.58 bits per heavy atom. The van der Waals surface area contributed by atoms with Crippen molar-refractivity contribution < 1.29 is 9.84 Å². The quantitative estimate of drug-likeness (QED) is 0.653. The molecule has 72 valence electrons. The number of rotatable bonds is 2. The summed E-state index contributed by atoms with van der Waals surface area (Å²) in [4.78, 5) is 2.36. The molecule has 0 spiro atoms. The fourth-order valence-corrected chi connectivity index (χ4v) is 1.49. The molecule has 1 rings (SSSR count). The van der Waals surface area contributed by atoms with Crippen molar-refractivity contribution in [2.75, 3.05) is 32.9 Å². The molecular weight excluding hydrogens is 154 g/mol. The lowest BCUT2D eigenvalue weighted by molar-refractivity contribution is 0.0957. The third-order valence-corrected chi connectivity index (χ3v) is 2.36. The van der Waals surface area contributed by atoms with Gasteiger partial charge in [0.05, 0.1) is 13.2 Å². The lowest BCUT2D eigenvalue weighted by Crippen LogP contribution is -2.36. The van der Waals surface area contributed by atoms with Crippen molar-refractivity contribution in [3.63, 3.8) is 0 Å². The number of hydrogen-bond donors (Lipinski definition) is 1. The summed E-state index contributed by atoms with van der Waals surface area (Å²) >= 11 is 0. The van der Waals surface area contributed by atoms with Crippen molar-refractivity contribution in [3.8, 4) is 0 Å². The minimum absolute atomic E-state index is 0.239. The zero-order valence-corrected chi connectivity index (χ0v) is 7.99. The molecule has 1 fully saturated rings. The first-order valence-corrected chi connectivity index (χ1v) is 4.66. The van der Waals surface area contributed by atoms with Crippen molar-refractivity contribution in [1.29, 1.82) is 0 Å². The van der Waals surface area contributed by atoms with E-state index in [9.17, 15) is 0 Å². The number of aliphatic hydroxyl groups excluding tert-OH is 1. The second-order valence-corrected chi connectivity index (χ2v) is 3.71. The molecule has 3 nitrogen and oxygen atoms in total. The van der Waals surface area contributed by atoms with E-state index < -0.39 is 0 Å². The van der Waals surface area contributed by atoms with Gasteiger partial charge in [-0.05, 0) is 13.8 Å². The largest absolute Gasteiger partial charge is 0.396 e. The van der Waals surface area contributed by atoms with Gasteiger partial charge in [0.25, 0.3) is 0 Å². The van der Waals surface area contributed by atoms with Crippen LogP contribution in [0.4, 0.5) is 0 Å². The lowest BCUT2D eigenvalue weighted by atomic mass is 10.1. The molecule has 1 N–H and O–H groups in total. The van der Waals surface area contributed by atoms with Gasteiger partial charge in [-0.3, -0.25) is 4.90 Å². The van der Waals surface area contributed by atoms with E-state index in [1.54, 1.807) is 0 Å². The molecule has 0 unspecified atom stereocenters. The van der Waals surface area contributed by atoms with E-state index in [2.05, 4.69) is 18.7 Å². The van der Waals surface area contributed by atoms with Crippen molar-refractivity contribution in [2.45, 2.75) is 19.9 Å². The number of nitrogens with zero attached hydrogens (tertiary/aromatic N) is 1. The molecule has 0 aromatic carbocycles. The van der Waals surface area contributed by atoms with Crippen LogP contribution in [0, 0.1) is 5.92 Å². The summed E-state index contributed by atoms with van der Waals surface area (Å²) in [5.74, 6) is 0.301. The van der Waals surface area contributed by atoms with Gasteiger partial charge < -0.3 is 9.84 Å². The van der Waals surface area contributed by atoms with Gasteiger partial charge in [-0.2, -0.15) is 0 Å². The van der Waals surface area contributed by atoms with Gasteiger partial charge in [0.2, 0.25) is 0 Å². The van der Waals surface area contributed by atoms with E-state index in [4.69, 9.17) is 9.84 Å². The summed E-state index contributed by atoms with van der Waals surface area (Å²) in [5.41, 5.74) is 0. The Bertz CT molecular complexity index is 128.